The molecule has 2 aromatic carbocycles. The summed E-state index contributed by atoms with van der Waals surface area (Å²) in [5.74, 6) is -0.955. The highest BCUT2D eigenvalue weighted by Crippen LogP contribution is 2.22. The van der Waals surface area contributed by atoms with E-state index in [1.165, 1.54) is 0 Å². The zero-order valence-electron chi connectivity index (χ0n) is 15.0. The zero-order valence-corrected chi connectivity index (χ0v) is 15.0. The number of carbonyl (C=O) groups is 3. The van der Waals surface area contributed by atoms with Gasteiger partial charge in [-0.1, -0.05) is 24.3 Å². The van der Waals surface area contributed by atoms with E-state index in [0.717, 1.165) is 10.5 Å². The molecule has 1 aliphatic heterocycles. The molecule has 3 aromatic rings. The van der Waals surface area contributed by atoms with E-state index in [4.69, 9.17) is 0 Å². The monoisotopic (exact) mass is 374 g/mol. The third-order valence-electron chi connectivity index (χ3n) is 4.58. The molecule has 1 aliphatic rings. The molecule has 1 aromatic heterocycles. The van der Waals surface area contributed by atoms with Crippen LogP contribution in [-0.4, -0.2) is 38.9 Å². The Morgan fingerprint density at radius 3 is 2.21 bits per heavy atom. The molecule has 0 unspecified atom stereocenters. The van der Waals surface area contributed by atoms with Crippen LogP contribution in [0.25, 0.3) is 0 Å². The highest BCUT2D eigenvalue weighted by molar-refractivity contribution is 6.21. The van der Waals surface area contributed by atoms with Crippen molar-refractivity contribution in [1.82, 2.24) is 14.7 Å². The molecule has 28 heavy (non-hydrogen) atoms. The summed E-state index contributed by atoms with van der Waals surface area (Å²) in [7, 11) is 0. The molecule has 7 heteroatoms. The van der Waals surface area contributed by atoms with E-state index >= 15 is 0 Å². The van der Waals surface area contributed by atoms with E-state index < -0.39 is 0 Å². The van der Waals surface area contributed by atoms with Crippen molar-refractivity contribution in [3.63, 3.8) is 0 Å². The number of hydrogen-bond acceptors (Lipinski definition) is 4. The van der Waals surface area contributed by atoms with Gasteiger partial charge in [-0.15, -0.1) is 0 Å². The summed E-state index contributed by atoms with van der Waals surface area (Å²) < 4.78 is 1.82. The maximum Gasteiger partial charge on any atom is 0.261 e. The lowest BCUT2D eigenvalue weighted by molar-refractivity contribution is -0.116. The summed E-state index contributed by atoms with van der Waals surface area (Å²) in [5.41, 5.74) is 2.51. The van der Waals surface area contributed by atoms with Gasteiger partial charge in [0.15, 0.2) is 0 Å². The van der Waals surface area contributed by atoms with Gasteiger partial charge < -0.3 is 5.32 Å². The van der Waals surface area contributed by atoms with E-state index in [-0.39, 0.29) is 30.7 Å². The minimum Gasteiger partial charge on any atom is -0.326 e. The molecule has 0 aliphatic carbocycles. The molecule has 0 saturated heterocycles. The number of hydrogen-bond donors (Lipinski definition) is 1. The van der Waals surface area contributed by atoms with Crippen molar-refractivity contribution in [1.29, 1.82) is 0 Å². The van der Waals surface area contributed by atoms with Crippen LogP contribution in [0.4, 0.5) is 5.69 Å². The summed E-state index contributed by atoms with van der Waals surface area (Å²) in [5, 5.41) is 6.95. The number of benzene rings is 2. The number of rotatable bonds is 6. The fourth-order valence-electron chi connectivity index (χ4n) is 3.15. The Kier molecular flexibility index (Phi) is 4.72. The predicted molar refractivity (Wildman–Crippen MR) is 103 cm³/mol. The summed E-state index contributed by atoms with van der Waals surface area (Å²) in [4.78, 5) is 38.0. The van der Waals surface area contributed by atoms with Crippen molar-refractivity contribution in [2.75, 3.05) is 11.9 Å². The van der Waals surface area contributed by atoms with Gasteiger partial charge in [0, 0.05) is 31.0 Å². The Morgan fingerprint density at radius 2 is 1.61 bits per heavy atom. The van der Waals surface area contributed by atoms with Gasteiger partial charge >= 0.3 is 0 Å². The van der Waals surface area contributed by atoms with Crippen LogP contribution in [0.15, 0.2) is 67.0 Å². The third-order valence-corrected chi connectivity index (χ3v) is 4.58. The SMILES string of the molecule is O=C(CCN1C(=O)c2ccccc2C1=O)Nc1ccc(Cn2cccn2)cc1. The highest BCUT2D eigenvalue weighted by atomic mass is 16.2. The van der Waals surface area contributed by atoms with Crippen molar-refractivity contribution in [3.8, 4) is 0 Å². The Labute approximate surface area is 161 Å². The summed E-state index contributed by atoms with van der Waals surface area (Å²) in [6.45, 7) is 0.705. The highest BCUT2D eigenvalue weighted by Gasteiger charge is 2.34. The van der Waals surface area contributed by atoms with Crippen LogP contribution in [-0.2, 0) is 11.3 Å². The average Bonchev–Trinajstić information content (AvgIpc) is 3.30. The Hall–Kier alpha value is -3.74. The molecule has 3 amide bonds. The van der Waals surface area contributed by atoms with Crippen LogP contribution in [0.2, 0.25) is 0 Å². The predicted octanol–water partition coefficient (Wildman–Crippen LogP) is 2.56. The molecule has 4 rings (SSSR count). The molecule has 7 nitrogen and oxygen atoms in total. The first-order valence-corrected chi connectivity index (χ1v) is 8.93. The first-order chi connectivity index (χ1) is 13.6. The van der Waals surface area contributed by atoms with E-state index in [1.54, 1.807) is 30.5 Å². The van der Waals surface area contributed by atoms with Crippen LogP contribution >= 0.6 is 0 Å². The first-order valence-electron chi connectivity index (χ1n) is 8.93. The van der Waals surface area contributed by atoms with Crippen LogP contribution in [0, 0.1) is 0 Å². The number of carbonyl (C=O) groups excluding carboxylic acids is 3. The lowest BCUT2D eigenvalue weighted by Gasteiger charge is -2.13. The van der Waals surface area contributed by atoms with Gasteiger partial charge in [-0.2, -0.15) is 5.10 Å². The second kappa shape index (κ2) is 7.48. The number of imide groups is 1. The number of nitrogens with zero attached hydrogens (tertiary/aromatic N) is 3. The molecule has 0 atom stereocenters. The van der Waals surface area contributed by atoms with Gasteiger partial charge in [-0.3, -0.25) is 24.0 Å². The lowest BCUT2D eigenvalue weighted by atomic mass is 10.1. The molecule has 1 N–H and O–H groups in total. The molecular weight excluding hydrogens is 356 g/mol. The summed E-state index contributed by atoms with van der Waals surface area (Å²) >= 11 is 0. The minimum absolute atomic E-state index is 0.0422. The number of fused-ring (bicyclic) bond motifs is 1. The van der Waals surface area contributed by atoms with Gasteiger partial charge in [-0.05, 0) is 35.9 Å². The van der Waals surface area contributed by atoms with E-state index in [2.05, 4.69) is 10.4 Å². The Morgan fingerprint density at radius 1 is 0.929 bits per heavy atom. The van der Waals surface area contributed by atoms with E-state index in [9.17, 15) is 14.4 Å². The summed E-state index contributed by atoms with van der Waals surface area (Å²) in [6.07, 6.45) is 3.65. The van der Waals surface area contributed by atoms with Gasteiger partial charge in [0.25, 0.3) is 11.8 Å². The summed E-state index contributed by atoms with van der Waals surface area (Å²) in [6, 6.07) is 16.0. The molecular formula is C21H18N4O3. The molecule has 0 radical (unpaired) electrons. The number of anilines is 1. The normalized spacial score (nSPS) is 12.9. The molecule has 0 bridgehead atoms. The second-order valence-corrected chi connectivity index (χ2v) is 6.51. The van der Waals surface area contributed by atoms with E-state index in [0.29, 0.717) is 23.4 Å². The number of nitrogens with one attached hydrogen (secondary N) is 1. The van der Waals surface area contributed by atoms with E-state index in [1.807, 2.05) is 41.2 Å². The molecule has 0 fully saturated rings. The van der Waals surface area contributed by atoms with Gasteiger partial charge in [0.2, 0.25) is 5.91 Å². The van der Waals surface area contributed by atoms with Gasteiger partial charge in [0.05, 0.1) is 17.7 Å². The van der Waals surface area contributed by atoms with Crippen LogP contribution in [0.3, 0.4) is 0 Å². The molecule has 0 saturated carbocycles. The standard InChI is InChI=1S/C21H18N4O3/c26-19(10-13-25-20(27)17-4-1-2-5-18(17)21(25)28)23-16-8-6-15(7-9-16)14-24-12-3-11-22-24/h1-9,11-12H,10,13-14H2,(H,23,26). The number of aromatic nitrogens is 2. The average molecular weight is 374 g/mol. The Balaban J connectivity index is 1.31. The maximum absolute atomic E-state index is 12.3. The van der Waals surface area contributed by atoms with Crippen molar-refractivity contribution in [2.24, 2.45) is 0 Å². The molecule has 2 heterocycles. The van der Waals surface area contributed by atoms with Crippen molar-refractivity contribution >= 4 is 23.4 Å². The first kappa shape index (κ1) is 17.7. The van der Waals surface area contributed by atoms with Crippen LogP contribution in [0.5, 0.6) is 0 Å². The Bertz CT molecular complexity index is 991. The van der Waals surface area contributed by atoms with Crippen LogP contribution < -0.4 is 5.32 Å². The van der Waals surface area contributed by atoms with Crippen molar-refractivity contribution in [2.45, 2.75) is 13.0 Å². The molecule has 140 valence electrons. The fraction of sp³-hybridized carbons (Fsp3) is 0.143. The quantitative estimate of drug-likeness (QED) is 0.672. The lowest BCUT2D eigenvalue weighted by Crippen LogP contribution is -2.32. The largest absolute Gasteiger partial charge is 0.326 e. The van der Waals surface area contributed by atoms with Crippen molar-refractivity contribution < 1.29 is 14.4 Å². The third kappa shape index (κ3) is 3.55. The van der Waals surface area contributed by atoms with Crippen molar-refractivity contribution in [3.05, 3.63) is 83.7 Å². The maximum atomic E-state index is 12.3. The zero-order chi connectivity index (χ0) is 19.5. The smallest absolute Gasteiger partial charge is 0.261 e. The minimum atomic E-state index is -0.351. The van der Waals surface area contributed by atoms with Gasteiger partial charge in [0.1, 0.15) is 0 Å². The van der Waals surface area contributed by atoms with Crippen LogP contribution in [0.1, 0.15) is 32.7 Å². The second-order valence-electron chi connectivity index (χ2n) is 6.51. The fourth-order valence-corrected chi connectivity index (χ4v) is 3.15. The molecule has 0 spiro atoms. The topological polar surface area (TPSA) is 84.3 Å². The van der Waals surface area contributed by atoms with Gasteiger partial charge in [-0.25, -0.2) is 0 Å². The number of amides is 3.